The number of anilines is 3. The van der Waals surface area contributed by atoms with Gasteiger partial charge in [-0.3, -0.25) is 0 Å². The van der Waals surface area contributed by atoms with E-state index < -0.39 is 0 Å². The average Bonchev–Trinajstić information content (AvgIpc) is 3.39. The van der Waals surface area contributed by atoms with Crippen molar-refractivity contribution in [3.8, 4) is 0 Å². The fourth-order valence-electron chi connectivity index (χ4n) is 2.75. The molecule has 2 aliphatic rings. The number of ether oxygens (including phenoxy) is 1. The van der Waals surface area contributed by atoms with Gasteiger partial charge in [-0.25, -0.2) is 0 Å². The summed E-state index contributed by atoms with van der Waals surface area (Å²) in [5.41, 5.74) is 6.99. The summed E-state index contributed by atoms with van der Waals surface area (Å²) in [6.07, 6.45) is 2.28. The van der Waals surface area contributed by atoms with Crippen LogP contribution in [0.5, 0.6) is 0 Å². The second kappa shape index (κ2) is 6.52. The van der Waals surface area contributed by atoms with Crippen LogP contribution in [0.25, 0.3) is 0 Å². The minimum Gasteiger partial charge on any atom is -0.370 e. The Hall–Kier alpha value is -1.93. The fraction of sp³-hybridized carbons (Fsp3) is 0.438. The number of aromatic nitrogens is 3. The molecule has 7 nitrogen and oxygen atoms in total. The van der Waals surface area contributed by atoms with Gasteiger partial charge in [0.15, 0.2) is 0 Å². The first-order chi connectivity index (χ1) is 11.7. The standard InChI is InChI=1S/C16H19BrN6O/c17-12-4-2-1-3-11(12)13-9-23(7-8-24-13)16-21-14(18)20-15(22-16)19-10-5-6-10/h1-4,10,13H,5-9H2,(H3,18,19,20,21,22). The van der Waals surface area contributed by atoms with Crippen LogP contribution in [0.3, 0.4) is 0 Å². The molecule has 2 aromatic rings. The van der Waals surface area contributed by atoms with Gasteiger partial charge < -0.3 is 20.7 Å². The first-order valence-corrected chi connectivity index (χ1v) is 8.87. The largest absolute Gasteiger partial charge is 0.370 e. The molecule has 1 atom stereocenters. The molecule has 4 rings (SSSR count). The Morgan fingerprint density at radius 3 is 2.83 bits per heavy atom. The first kappa shape index (κ1) is 15.6. The van der Waals surface area contributed by atoms with Crippen molar-refractivity contribution in [1.82, 2.24) is 15.0 Å². The lowest BCUT2D eigenvalue weighted by atomic mass is 10.1. The van der Waals surface area contributed by atoms with Crippen LogP contribution in [0.4, 0.5) is 17.8 Å². The molecule has 3 N–H and O–H groups in total. The van der Waals surface area contributed by atoms with Crippen molar-refractivity contribution in [1.29, 1.82) is 0 Å². The van der Waals surface area contributed by atoms with Gasteiger partial charge >= 0.3 is 0 Å². The zero-order valence-electron chi connectivity index (χ0n) is 13.2. The summed E-state index contributed by atoms with van der Waals surface area (Å²) in [6, 6.07) is 8.57. The predicted octanol–water partition coefficient (Wildman–Crippen LogP) is 2.37. The van der Waals surface area contributed by atoms with Crippen molar-refractivity contribution >= 4 is 33.8 Å². The molecule has 1 aliphatic carbocycles. The maximum Gasteiger partial charge on any atom is 0.232 e. The summed E-state index contributed by atoms with van der Waals surface area (Å²) in [7, 11) is 0. The smallest absolute Gasteiger partial charge is 0.232 e. The molecule has 126 valence electrons. The number of halogens is 1. The van der Waals surface area contributed by atoms with E-state index in [1.165, 1.54) is 0 Å². The molecule has 0 spiro atoms. The highest BCUT2D eigenvalue weighted by atomic mass is 79.9. The van der Waals surface area contributed by atoms with E-state index in [2.05, 4.69) is 47.2 Å². The summed E-state index contributed by atoms with van der Waals surface area (Å²) < 4.78 is 6.99. The first-order valence-electron chi connectivity index (χ1n) is 8.08. The van der Waals surface area contributed by atoms with E-state index in [1.807, 2.05) is 18.2 Å². The third kappa shape index (κ3) is 3.44. The van der Waals surface area contributed by atoms with Crippen LogP contribution in [0.2, 0.25) is 0 Å². The minimum absolute atomic E-state index is 0.0350. The second-order valence-electron chi connectivity index (χ2n) is 6.06. The number of rotatable bonds is 4. The molecule has 24 heavy (non-hydrogen) atoms. The number of hydrogen-bond acceptors (Lipinski definition) is 7. The summed E-state index contributed by atoms with van der Waals surface area (Å²) in [5.74, 6) is 1.40. The van der Waals surface area contributed by atoms with E-state index in [0.717, 1.165) is 29.4 Å². The molecule has 1 aromatic heterocycles. The predicted molar refractivity (Wildman–Crippen MR) is 95.9 cm³/mol. The van der Waals surface area contributed by atoms with Crippen LogP contribution in [0.1, 0.15) is 24.5 Å². The molecule has 8 heteroatoms. The number of nitrogens with zero attached hydrogens (tertiary/aromatic N) is 4. The molecule has 0 radical (unpaired) electrons. The number of nitrogen functional groups attached to an aromatic ring is 1. The van der Waals surface area contributed by atoms with Crippen LogP contribution in [0.15, 0.2) is 28.7 Å². The lowest BCUT2D eigenvalue weighted by Crippen LogP contribution is -2.39. The summed E-state index contributed by atoms with van der Waals surface area (Å²) in [5, 5.41) is 3.28. The van der Waals surface area contributed by atoms with Crippen LogP contribution in [-0.2, 0) is 4.74 Å². The topological polar surface area (TPSA) is 89.2 Å². The number of hydrogen-bond donors (Lipinski definition) is 2. The van der Waals surface area contributed by atoms with Crippen molar-refractivity contribution in [2.75, 3.05) is 35.6 Å². The lowest BCUT2D eigenvalue weighted by molar-refractivity contribution is 0.0388. The van der Waals surface area contributed by atoms with Crippen LogP contribution in [0, 0.1) is 0 Å². The monoisotopic (exact) mass is 390 g/mol. The van der Waals surface area contributed by atoms with Gasteiger partial charge in [0.2, 0.25) is 17.8 Å². The molecule has 2 fully saturated rings. The van der Waals surface area contributed by atoms with Crippen LogP contribution in [-0.4, -0.2) is 40.7 Å². The number of nitrogens with one attached hydrogen (secondary N) is 1. The second-order valence-corrected chi connectivity index (χ2v) is 6.92. The Morgan fingerprint density at radius 2 is 2.04 bits per heavy atom. The third-order valence-corrected chi connectivity index (χ3v) is 4.88. The molecule has 2 heterocycles. The minimum atomic E-state index is -0.0350. The van der Waals surface area contributed by atoms with Crippen molar-refractivity contribution < 1.29 is 4.74 Å². The maximum absolute atomic E-state index is 5.94. The molecule has 1 saturated carbocycles. The highest BCUT2D eigenvalue weighted by Gasteiger charge is 2.27. The molecule has 1 aromatic carbocycles. The van der Waals surface area contributed by atoms with Crippen molar-refractivity contribution in [3.63, 3.8) is 0 Å². The van der Waals surface area contributed by atoms with E-state index in [1.54, 1.807) is 0 Å². The molecule has 1 unspecified atom stereocenters. The Labute approximate surface area is 148 Å². The maximum atomic E-state index is 5.94. The number of morpholine rings is 1. The molecule has 0 amide bonds. The average molecular weight is 391 g/mol. The van der Waals surface area contributed by atoms with E-state index in [-0.39, 0.29) is 12.1 Å². The fourth-order valence-corrected chi connectivity index (χ4v) is 3.29. The normalized spacial score (nSPS) is 20.9. The SMILES string of the molecule is Nc1nc(NC2CC2)nc(N2CCOC(c3ccccc3Br)C2)n1. The van der Waals surface area contributed by atoms with E-state index in [0.29, 0.717) is 31.1 Å². The molecule has 1 aliphatic heterocycles. The summed E-state index contributed by atoms with van der Waals surface area (Å²) in [4.78, 5) is 15.1. The summed E-state index contributed by atoms with van der Waals surface area (Å²) >= 11 is 3.60. The van der Waals surface area contributed by atoms with Gasteiger partial charge in [0.1, 0.15) is 6.10 Å². The van der Waals surface area contributed by atoms with Crippen molar-refractivity contribution in [2.24, 2.45) is 0 Å². The summed E-state index contributed by atoms with van der Waals surface area (Å²) in [6.45, 7) is 2.02. The molecular weight excluding hydrogens is 372 g/mol. The molecule has 1 saturated heterocycles. The van der Waals surface area contributed by atoms with Gasteiger partial charge in [0, 0.05) is 17.1 Å². The zero-order valence-corrected chi connectivity index (χ0v) is 14.7. The third-order valence-electron chi connectivity index (χ3n) is 4.15. The zero-order chi connectivity index (χ0) is 16.5. The van der Waals surface area contributed by atoms with Gasteiger partial charge in [-0.1, -0.05) is 34.1 Å². The van der Waals surface area contributed by atoms with E-state index >= 15 is 0 Å². The quantitative estimate of drug-likeness (QED) is 0.827. The van der Waals surface area contributed by atoms with Crippen LogP contribution < -0.4 is 16.0 Å². The Balaban J connectivity index is 1.55. The van der Waals surface area contributed by atoms with E-state index in [9.17, 15) is 0 Å². The number of nitrogens with two attached hydrogens (primary N) is 1. The number of benzene rings is 1. The van der Waals surface area contributed by atoms with Gasteiger partial charge in [-0.05, 0) is 24.5 Å². The highest BCUT2D eigenvalue weighted by Crippen LogP contribution is 2.30. The van der Waals surface area contributed by atoms with Gasteiger partial charge in [0.25, 0.3) is 0 Å². The van der Waals surface area contributed by atoms with Gasteiger partial charge in [0.05, 0.1) is 13.2 Å². The molecular formula is C16H19BrN6O. The highest BCUT2D eigenvalue weighted by molar-refractivity contribution is 9.10. The van der Waals surface area contributed by atoms with E-state index in [4.69, 9.17) is 10.5 Å². The molecule has 0 bridgehead atoms. The van der Waals surface area contributed by atoms with Crippen LogP contribution >= 0.6 is 15.9 Å². The Morgan fingerprint density at radius 1 is 1.21 bits per heavy atom. The lowest BCUT2D eigenvalue weighted by Gasteiger charge is -2.33. The van der Waals surface area contributed by atoms with Gasteiger partial charge in [-0.15, -0.1) is 0 Å². The van der Waals surface area contributed by atoms with Crippen molar-refractivity contribution in [2.45, 2.75) is 25.0 Å². The van der Waals surface area contributed by atoms with Crippen molar-refractivity contribution in [3.05, 3.63) is 34.3 Å². The Bertz CT molecular complexity index is 738. The van der Waals surface area contributed by atoms with Gasteiger partial charge in [-0.2, -0.15) is 15.0 Å². The Kier molecular flexibility index (Phi) is 4.24.